The Labute approximate surface area is 197 Å². The zero-order chi connectivity index (χ0) is 24.5. The number of ether oxygens (including phenoxy) is 3. The van der Waals surface area contributed by atoms with E-state index in [1.165, 1.54) is 6.20 Å². The van der Waals surface area contributed by atoms with Crippen molar-refractivity contribution in [2.75, 3.05) is 31.1 Å². The molecule has 15 heteroatoms. The lowest BCUT2D eigenvalue weighted by molar-refractivity contribution is 0.00219. The molecule has 0 atom stereocenters. The molecular weight excluding hydrogens is 405 g/mol. The highest BCUT2D eigenvalue weighted by Crippen LogP contribution is 2.28. The summed E-state index contributed by atoms with van der Waals surface area (Å²) >= 11 is 0. The van der Waals surface area contributed by atoms with Gasteiger partial charge in [-0.25, -0.2) is 14.2 Å². The van der Waals surface area contributed by atoms with Crippen molar-refractivity contribution < 1.29 is 23.4 Å². The van der Waals surface area contributed by atoms with E-state index in [2.05, 4.69) is 4.98 Å². The Morgan fingerprint density at radius 3 is 2.03 bits per heavy atom. The van der Waals surface area contributed by atoms with Crippen molar-refractivity contribution >= 4 is 66.8 Å². The second kappa shape index (κ2) is 9.31. The number of carbonyl (C=O) groups is 1. The third kappa shape index (κ3) is 7.19. The lowest BCUT2D eigenvalue weighted by atomic mass is 9.40. The summed E-state index contributed by atoms with van der Waals surface area (Å²) in [6, 6.07) is 0.994. The quantitative estimate of drug-likeness (QED) is 0.534. The van der Waals surface area contributed by atoms with Crippen LogP contribution in [0.5, 0.6) is 5.75 Å². The molecule has 1 fully saturated rings. The van der Waals surface area contributed by atoms with Gasteiger partial charge >= 0.3 is 6.09 Å². The largest absolute Gasteiger partial charge is 0.504 e. The van der Waals surface area contributed by atoms with E-state index in [4.69, 9.17) is 69.1 Å². The Morgan fingerprint density at radius 2 is 1.56 bits per heavy atom. The Balaban J connectivity index is 2.04. The molecule has 0 saturated carbocycles. The van der Waals surface area contributed by atoms with Crippen LogP contribution in [-0.4, -0.2) is 119 Å². The van der Waals surface area contributed by atoms with Gasteiger partial charge in [0.1, 0.15) is 42.7 Å². The van der Waals surface area contributed by atoms with Gasteiger partial charge in [-0.15, -0.1) is 0 Å². The first-order valence-electron chi connectivity index (χ1n) is 9.70. The molecule has 1 aliphatic rings. The van der Waals surface area contributed by atoms with Crippen molar-refractivity contribution in [2.24, 2.45) is 0 Å². The van der Waals surface area contributed by atoms with Gasteiger partial charge in [0.05, 0.1) is 29.7 Å². The molecule has 2 heterocycles. The predicted octanol–water partition coefficient (Wildman–Crippen LogP) is -1.23. The average molecular weight is 424 g/mol. The topological polar surface area (TPSA) is 64.1 Å². The average Bonchev–Trinajstić information content (AvgIpc) is 2.58. The SMILES string of the molecule is [B]C([B])([B])OC([B])([B])C([B])([B])Oc1cnc(N2CCN(C(=O)OC(C)(C)C)CC2)c(F)c1. The van der Waals surface area contributed by atoms with Crippen molar-refractivity contribution in [3.8, 4) is 5.75 Å². The number of hydrogen-bond acceptors (Lipinski definition) is 6. The standard InChI is InChI=1S/C17H19B7FN3O4/c1-14(2,3)31-13(29)28-6-4-27(5-7-28)12-11(25)8-10(9-26-12)30-15(18,19)16(20,21)32-17(22,23)24/h8-9H,4-7H2,1-3H3. The van der Waals surface area contributed by atoms with E-state index in [1.807, 2.05) is 0 Å². The van der Waals surface area contributed by atoms with E-state index in [0.29, 0.717) is 26.2 Å². The summed E-state index contributed by atoms with van der Waals surface area (Å²) in [6.07, 6.45) is 0.742. The maximum absolute atomic E-state index is 14.7. The second-order valence-electron chi connectivity index (χ2n) is 8.57. The van der Waals surface area contributed by atoms with Gasteiger partial charge in [-0.05, 0) is 26.1 Å². The molecule has 2 rings (SSSR count). The number of amides is 1. The number of pyridine rings is 1. The normalized spacial score (nSPS) is 16.0. The highest BCUT2D eigenvalue weighted by atomic mass is 19.1. The Hall–Kier alpha value is -1.64. The molecule has 0 unspecified atom stereocenters. The fourth-order valence-electron chi connectivity index (χ4n) is 2.78. The van der Waals surface area contributed by atoms with Crippen LogP contribution < -0.4 is 9.64 Å². The van der Waals surface area contributed by atoms with Crippen LogP contribution in [0, 0.1) is 5.82 Å². The van der Waals surface area contributed by atoms with Gasteiger partial charge in [-0.3, -0.25) is 0 Å². The smallest absolute Gasteiger partial charge is 0.410 e. The van der Waals surface area contributed by atoms with Crippen LogP contribution >= 0.6 is 0 Å². The van der Waals surface area contributed by atoms with Crippen molar-refractivity contribution in [3.63, 3.8) is 0 Å². The third-order valence-corrected chi connectivity index (χ3v) is 4.27. The molecule has 0 aromatic carbocycles. The summed E-state index contributed by atoms with van der Waals surface area (Å²) in [7, 11) is 38.7. The fourth-order valence-corrected chi connectivity index (χ4v) is 2.78. The van der Waals surface area contributed by atoms with Gasteiger partial charge in [0.2, 0.25) is 0 Å². The van der Waals surface area contributed by atoms with Crippen LogP contribution in [0.25, 0.3) is 0 Å². The number of aromatic nitrogens is 1. The second-order valence-corrected chi connectivity index (χ2v) is 8.57. The van der Waals surface area contributed by atoms with E-state index in [1.54, 1.807) is 30.6 Å². The van der Waals surface area contributed by atoms with Crippen LogP contribution in [0.2, 0.25) is 0 Å². The number of piperazine rings is 1. The summed E-state index contributed by atoms with van der Waals surface area (Å²) in [5.74, 6) is -0.867. The zero-order valence-electron chi connectivity index (χ0n) is 18.4. The number of nitrogens with zero attached hydrogens (tertiary/aromatic N) is 3. The van der Waals surface area contributed by atoms with Crippen LogP contribution in [-0.2, 0) is 9.47 Å². The first-order chi connectivity index (χ1) is 14.4. The molecule has 154 valence electrons. The molecule has 14 radical (unpaired) electrons. The molecule has 7 nitrogen and oxygen atoms in total. The molecule has 0 N–H and O–H groups in total. The van der Waals surface area contributed by atoms with Crippen molar-refractivity contribution in [1.82, 2.24) is 9.88 Å². The van der Waals surface area contributed by atoms with Gasteiger partial charge in [-0.2, -0.15) is 0 Å². The van der Waals surface area contributed by atoms with E-state index < -0.39 is 33.6 Å². The van der Waals surface area contributed by atoms with Gasteiger partial charge < -0.3 is 24.0 Å². The Bertz CT molecular complexity index is 825. The van der Waals surface area contributed by atoms with Crippen molar-refractivity contribution in [3.05, 3.63) is 18.1 Å². The summed E-state index contributed by atoms with van der Waals surface area (Å²) in [4.78, 5) is 19.4. The molecule has 1 aromatic rings. The molecule has 1 aromatic heterocycles. The number of halogens is 1. The number of rotatable bonds is 6. The monoisotopic (exact) mass is 425 g/mol. The molecule has 0 spiro atoms. The van der Waals surface area contributed by atoms with E-state index in [0.717, 1.165) is 6.07 Å². The Kier molecular flexibility index (Phi) is 7.75. The van der Waals surface area contributed by atoms with E-state index >= 15 is 0 Å². The third-order valence-electron chi connectivity index (χ3n) is 4.27. The van der Waals surface area contributed by atoms with Crippen LogP contribution in [0.1, 0.15) is 20.8 Å². The molecule has 0 aliphatic carbocycles. The molecule has 1 amide bonds. The lowest BCUT2D eigenvalue weighted by Gasteiger charge is -2.48. The molecule has 1 saturated heterocycles. The maximum Gasteiger partial charge on any atom is 0.410 e. The molecule has 32 heavy (non-hydrogen) atoms. The molecular formula is C17H19B7FN3O4. The lowest BCUT2D eigenvalue weighted by Crippen LogP contribution is -2.65. The number of anilines is 1. The summed E-state index contributed by atoms with van der Waals surface area (Å²) in [5.41, 5.74) is -0.603. The fraction of sp³-hybridized carbons (Fsp3) is 0.647. The summed E-state index contributed by atoms with van der Waals surface area (Å²) in [5, 5.41) is -7.12. The van der Waals surface area contributed by atoms with Gasteiger partial charge in [-0.1, -0.05) is 0 Å². The van der Waals surface area contributed by atoms with E-state index in [-0.39, 0.29) is 11.6 Å². The number of carbonyl (C=O) groups excluding carboxylic acids is 1. The minimum absolute atomic E-state index is 0.0498. The van der Waals surface area contributed by atoms with Gasteiger partial charge in [0.25, 0.3) is 0 Å². The zero-order valence-corrected chi connectivity index (χ0v) is 18.4. The van der Waals surface area contributed by atoms with Crippen molar-refractivity contribution in [2.45, 2.75) is 42.5 Å². The summed E-state index contributed by atoms with van der Waals surface area (Å²) in [6.45, 7) is 6.71. The highest BCUT2D eigenvalue weighted by Gasteiger charge is 2.40. The molecule has 1 aliphatic heterocycles. The predicted molar refractivity (Wildman–Crippen MR) is 124 cm³/mol. The number of hydrogen-bond donors (Lipinski definition) is 0. The van der Waals surface area contributed by atoms with Gasteiger partial charge in [0, 0.05) is 43.0 Å². The van der Waals surface area contributed by atoms with Gasteiger partial charge in [0.15, 0.2) is 11.6 Å². The first-order valence-corrected chi connectivity index (χ1v) is 9.70. The van der Waals surface area contributed by atoms with Crippen LogP contribution in [0.3, 0.4) is 0 Å². The maximum atomic E-state index is 14.7. The molecule has 0 bridgehead atoms. The van der Waals surface area contributed by atoms with Crippen molar-refractivity contribution in [1.29, 1.82) is 0 Å². The highest BCUT2D eigenvalue weighted by molar-refractivity contribution is 6.59. The minimum Gasteiger partial charge on any atom is -0.504 e. The van der Waals surface area contributed by atoms with Crippen LogP contribution in [0.15, 0.2) is 12.3 Å². The minimum atomic E-state index is -2.45. The summed E-state index contributed by atoms with van der Waals surface area (Å²) < 4.78 is 30.2. The van der Waals surface area contributed by atoms with Crippen LogP contribution in [0.4, 0.5) is 15.0 Å². The Morgan fingerprint density at radius 1 is 1.00 bits per heavy atom. The van der Waals surface area contributed by atoms with E-state index in [9.17, 15) is 9.18 Å². The first kappa shape index (κ1) is 26.6.